The number of Topliss-reactive ketones (excluding diaryl/α,β-unsaturated/α-hetero) is 1. The molecule has 0 aromatic heterocycles. The summed E-state index contributed by atoms with van der Waals surface area (Å²) in [6, 6.07) is 19.6. The van der Waals surface area contributed by atoms with Gasteiger partial charge in [-0.25, -0.2) is 0 Å². The summed E-state index contributed by atoms with van der Waals surface area (Å²) in [5.41, 5.74) is 2.10. The number of anilines is 1. The van der Waals surface area contributed by atoms with Gasteiger partial charge >= 0.3 is 0 Å². The van der Waals surface area contributed by atoms with E-state index in [2.05, 4.69) is 13.8 Å². The number of phenols is 1. The van der Waals surface area contributed by atoms with Crippen LogP contribution in [-0.2, 0) is 9.59 Å². The van der Waals surface area contributed by atoms with Gasteiger partial charge in [0.25, 0.3) is 11.7 Å². The fourth-order valence-corrected chi connectivity index (χ4v) is 4.06. The van der Waals surface area contributed by atoms with Crippen molar-refractivity contribution >= 4 is 23.1 Å². The van der Waals surface area contributed by atoms with Gasteiger partial charge in [-0.2, -0.15) is 0 Å². The molecule has 0 radical (unpaired) electrons. The van der Waals surface area contributed by atoms with Crippen LogP contribution in [0, 0.1) is 12.8 Å². The van der Waals surface area contributed by atoms with E-state index in [1.54, 1.807) is 42.5 Å². The van der Waals surface area contributed by atoms with Gasteiger partial charge < -0.3 is 14.9 Å². The summed E-state index contributed by atoms with van der Waals surface area (Å²) >= 11 is 0. The Bertz CT molecular complexity index is 1260. The van der Waals surface area contributed by atoms with Crippen LogP contribution in [0.15, 0.2) is 78.4 Å². The summed E-state index contributed by atoms with van der Waals surface area (Å²) in [5.74, 6) is -1.01. The Morgan fingerprint density at radius 1 is 0.971 bits per heavy atom. The molecule has 6 heteroatoms. The number of aliphatic hydroxyl groups is 1. The first-order valence-corrected chi connectivity index (χ1v) is 11.2. The number of hydrogen-bond donors (Lipinski definition) is 2. The number of aliphatic hydroxyl groups excluding tert-OH is 1. The summed E-state index contributed by atoms with van der Waals surface area (Å²) in [6.45, 7) is 6.54. The lowest BCUT2D eigenvalue weighted by molar-refractivity contribution is -0.132. The number of amides is 1. The molecule has 6 nitrogen and oxygen atoms in total. The highest BCUT2D eigenvalue weighted by atomic mass is 16.5. The quantitative estimate of drug-likeness (QED) is 0.296. The van der Waals surface area contributed by atoms with Gasteiger partial charge in [-0.3, -0.25) is 14.5 Å². The van der Waals surface area contributed by atoms with Crippen LogP contribution in [0.3, 0.4) is 0 Å². The lowest BCUT2D eigenvalue weighted by Gasteiger charge is -2.27. The van der Waals surface area contributed by atoms with Crippen molar-refractivity contribution < 1.29 is 24.5 Å². The molecule has 1 aliphatic rings. The highest BCUT2D eigenvalue weighted by Crippen LogP contribution is 2.45. The van der Waals surface area contributed by atoms with Gasteiger partial charge in [0, 0.05) is 5.56 Å². The second-order valence-electron chi connectivity index (χ2n) is 8.74. The maximum Gasteiger partial charge on any atom is 0.300 e. The van der Waals surface area contributed by atoms with Crippen LogP contribution in [0.1, 0.15) is 36.6 Å². The molecule has 2 N–H and O–H groups in total. The van der Waals surface area contributed by atoms with Crippen molar-refractivity contribution in [1.82, 2.24) is 0 Å². The van der Waals surface area contributed by atoms with Gasteiger partial charge in [0.2, 0.25) is 0 Å². The maximum atomic E-state index is 13.2. The molecule has 3 aromatic carbocycles. The summed E-state index contributed by atoms with van der Waals surface area (Å²) in [4.78, 5) is 27.7. The smallest absolute Gasteiger partial charge is 0.300 e. The number of benzene rings is 3. The van der Waals surface area contributed by atoms with Crippen LogP contribution >= 0.6 is 0 Å². The van der Waals surface area contributed by atoms with Gasteiger partial charge in [-0.05, 0) is 60.4 Å². The molecule has 1 fully saturated rings. The zero-order valence-corrected chi connectivity index (χ0v) is 19.4. The number of carbonyl (C=O) groups excluding carboxylic acids is 2. The molecule has 1 heterocycles. The second kappa shape index (κ2) is 9.43. The van der Waals surface area contributed by atoms with Crippen LogP contribution in [0.5, 0.6) is 11.5 Å². The third-order valence-corrected chi connectivity index (χ3v) is 5.78. The molecule has 174 valence electrons. The molecule has 0 aliphatic carbocycles. The van der Waals surface area contributed by atoms with Crippen LogP contribution < -0.4 is 9.64 Å². The number of aryl methyl sites for hydroxylation is 1. The normalized spacial score (nSPS) is 17.4. The Kier molecular flexibility index (Phi) is 6.41. The molecule has 0 bridgehead atoms. The standard InChI is InChI=1S/C28H27NO5/c1-17(2)16-34-20-14-12-19(13-15-20)26(31)24-25(21-9-5-4-8-18(21)3)29(28(33)27(24)32)22-10-6-7-11-23(22)30/h4-15,17,25,30-31H,16H2,1-3H3/b26-24+. The van der Waals surface area contributed by atoms with E-state index in [-0.39, 0.29) is 22.8 Å². The Balaban J connectivity index is 1.85. The van der Waals surface area contributed by atoms with Crippen molar-refractivity contribution in [2.45, 2.75) is 26.8 Å². The number of ether oxygens (including phenoxy) is 1. The van der Waals surface area contributed by atoms with E-state index in [4.69, 9.17) is 4.74 Å². The Morgan fingerprint density at radius 2 is 1.62 bits per heavy atom. The molecule has 1 saturated heterocycles. The molecule has 34 heavy (non-hydrogen) atoms. The largest absolute Gasteiger partial charge is 0.507 e. The lowest BCUT2D eigenvalue weighted by atomic mass is 9.92. The van der Waals surface area contributed by atoms with E-state index in [0.29, 0.717) is 29.4 Å². The molecule has 1 unspecified atom stereocenters. The Labute approximate surface area is 198 Å². The van der Waals surface area contributed by atoms with Gasteiger partial charge in [0.15, 0.2) is 0 Å². The Hall–Kier alpha value is -4.06. The summed E-state index contributed by atoms with van der Waals surface area (Å²) in [5, 5.41) is 21.7. The zero-order chi connectivity index (χ0) is 24.4. The minimum Gasteiger partial charge on any atom is -0.507 e. The van der Waals surface area contributed by atoms with Gasteiger partial charge in [-0.1, -0.05) is 50.2 Å². The van der Waals surface area contributed by atoms with Crippen LogP contribution in [0.2, 0.25) is 0 Å². The van der Waals surface area contributed by atoms with E-state index in [0.717, 1.165) is 5.56 Å². The predicted molar refractivity (Wildman–Crippen MR) is 131 cm³/mol. The van der Waals surface area contributed by atoms with E-state index in [1.165, 1.54) is 11.0 Å². The number of aromatic hydroxyl groups is 1. The summed E-state index contributed by atoms with van der Waals surface area (Å²) in [7, 11) is 0. The predicted octanol–water partition coefficient (Wildman–Crippen LogP) is 5.36. The number of nitrogens with zero attached hydrogens (tertiary/aromatic N) is 1. The average molecular weight is 458 g/mol. The summed E-state index contributed by atoms with van der Waals surface area (Å²) in [6.07, 6.45) is 0. The topological polar surface area (TPSA) is 87.1 Å². The second-order valence-corrected chi connectivity index (χ2v) is 8.74. The first kappa shape index (κ1) is 23.1. The Morgan fingerprint density at radius 3 is 2.26 bits per heavy atom. The molecule has 0 saturated carbocycles. The number of rotatable bonds is 6. The van der Waals surface area contributed by atoms with E-state index in [9.17, 15) is 19.8 Å². The molecule has 3 aromatic rings. The van der Waals surface area contributed by atoms with E-state index >= 15 is 0 Å². The fourth-order valence-electron chi connectivity index (χ4n) is 4.06. The average Bonchev–Trinajstić information content (AvgIpc) is 3.08. The summed E-state index contributed by atoms with van der Waals surface area (Å²) < 4.78 is 5.71. The minimum atomic E-state index is -0.897. The monoisotopic (exact) mass is 457 g/mol. The molecular formula is C28H27NO5. The number of ketones is 1. The number of hydrogen-bond acceptors (Lipinski definition) is 5. The van der Waals surface area contributed by atoms with Crippen molar-refractivity contribution in [3.8, 4) is 11.5 Å². The number of carbonyl (C=O) groups is 2. The SMILES string of the molecule is Cc1ccccc1C1/C(=C(\O)c2ccc(OCC(C)C)cc2)C(=O)C(=O)N1c1ccccc1O. The van der Waals surface area contributed by atoms with Crippen molar-refractivity contribution in [3.63, 3.8) is 0 Å². The third kappa shape index (κ3) is 4.27. The van der Waals surface area contributed by atoms with Gasteiger partial charge in [0.1, 0.15) is 17.3 Å². The van der Waals surface area contributed by atoms with Gasteiger partial charge in [-0.15, -0.1) is 0 Å². The molecular weight excluding hydrogens is 430 g/mol. The first-order valence-electron chi connectivity index (χ1n) is 11.2. The zero-order valence-electron chi connectivity index (χ0n) is 19.4. The number of phenolic OH excluding ortho intramolecular Hbond substituents is 1. The maximum absolute atomic E-state index is 13.2. The fraction of sp³-hybridized carbons (Fsp3) is 0.214. The molecule has 0 spiro atoms. The minimum absolute atomic E-state index is 0.0293. The van der Waals surface area contributed by atoms with Crippen LogP contribution in [0.25, 0.3) is 5.76 Å². The first-order chi connectivity index (χ1) is 16.3. The highest BCUT2D eigenvalue weighted by molar-refractivity contribution is 6.52. The van der Waals surface area contributed by atoms with Crippen molar-refractivity contribution in [2.75, 3.05) is 11.5 Å². The van der Waals surface area contributed by atoms with Gasteiger partial charge in [0.05, 0.1) is 23.9 Å². The molecule has 1 aliphatic heterocycles. The van der Waals surface area contributed by atoms with Crippen molar-refractivity contribution in [3.05, 3.63) is 95.1 Å². The van der Waals surface area contributed by atoms with E-state index < -0.39 is 17.7 Å². The van der Waals surface area contributed by atoms with Crippen molar-refractivity contribution in [1.29, 1.82) is 0 Å². The van der Waals surface area contributed by atoms with Crippen molar-refractivity contribution in [2.24, 2.45) is 5.92 Å². The number of para-hydroxylation sites is 2. The molecule has 4 rings (SSSR count). The van der Waals surface area contributed by atoms with Crippen LogP contribution in [0.4, 0.5) is 5.69 Å². The lowest BCUT2D eigenvalue weighted by Crippen LogP contribution is -2.29. The van der Waals surface area contributed by atoms with Crippen LogP contribution in [-0.4, -0.2) is 28.5 Å². The molecule has 1 amide bonds. The molecule has 1 atom stereocenters. The third-order valence-electron chi connectivity index (χ3n) is 5.78. The van der Waals surface area contributed by atoms with E-state index in [1.807, 2.05) is 31.2 Å². The highest BCUT2D eigenvalue weighted by Gasteiger charge is 2.48.